The lowest BCUT2D eigenvalue weighted by Gasteiger charge is -2.23. The van der Waals surface area contributed by atoms with Crippen LogP contribution in [0, 0.1) is 0 Å². The molecule has 0 saturated carbocycles. The lowest BCUT2D eigenvalue weighted by Crippen LogP contribution is -2.45. The molecule has 2 unspecified atom stereocenters. The van der Waals surface area contributed by atoms with E-state index in [1.54, 1.807) is 14.2 Å². The molecule has 1 fully saturated rings. The van der Waals surface area contributed by atoms with E-state index in [9.17, 15) is 0 Å². The molecule has 1 aromatic rings. The van der Waals surface area contributed by atoms with E-state index in [0.717, 1.165) is 68.7 Å². The van der Waals surface area contributed by atoms with Crippen molar-refractivity contribution in [2.24, 2.45) is 4.99 Å². The van der Waals surface area contributed by atoms with Crippen LogP contribution in [0.15, 0.2) is 23.2 Å². The average molecular weight is 533 g/mol. The summed E-state index contributed by atoms with van der Waals surface area (Å²) in [5.41, 5.74) is 1.13. The van der Waals surface area contributed by atoms with Crippen molar-refractivity contribution < 1.29 is 9.47 Å². The Morgan fingerprint density at radius 3 is 2.47 bits per heavy atom. The van der Waals surface area contributed by atoms with Crippen molar-refractivity contribution in [3.63, 3.8) is 0 Å². The number of hydrogen-bond acceptors (Lipinski definition) is 5. The number of hydrogen-bond donors (Lipinski definition) is 2. The molecule has 1 aromatic carbocycles. The summed E-state index contributed by atoms with van der Waals surface area (Å²) in [6.07, 6.45) is 2.22. The molecule has 172 valence electrons. The number of halogens is 1. The van der Waals surface area contributed by atoms with Crippen LogP contribution in [0.1, 0.15) is 33.6 Å². The number of benzene rings is 1. The summed E-state index contributed by atoms with van der Waals surface area (Å²) in [5.74, 6) is 2.53. The van der Waals surface area contributed by atoms with Gasteiger partial charge in [0.05, 0.1) is 20.8 Å². The first kappa shape index (κ1) is 26.6. The summed E-state index contributed by atoms with van der Waals surface area (Å²) >= 11 is 0. The molecule has 0 radical (unpaired) electrons. The molecule has 30 heavy (non-hydrogen) atoms. The van der Waals surface area contributed by atoms with Gasteiger partial charge in [0.1, 0.15) is 11.5 Å². The van der Waals surface area contributed by atoms with E-state index in [0.29, 0.717) is 12.1 Å². The molecule has 2 rings (SSSR count). The second-order valence-corrected chi connectivity index (χ2v) is 7.65. The first-order valence-electron chi connectivity index (χ1n) is 10.7. The summed E-state index contributed by atoms with van der Waals surface area (Å²) in [5, 5.41) is 6.99. The van der Waals surface area contributed by atoms with Crippen LogP contribution in [0.4, 0.5) is 5.69 Å². The molecule has 1 heterocycles. The first-order chi connectivity index (χ1) is 14.0. The zero-order valence-electron chi connectivity index (χ0n) is 19.4. The molecule has 2 N–H and O–H groups in total. The Balaban J connectivity index is 0.00000450. The van der Waals surface area contributed by atoms with Crippen molar-refractivity contribution in [1.82, 2.24) is 15.5 Å². The monoisotopic (exact) mass is 533 g/mol. The number of aliphatic imine (C=N–C) groups is 1. The molecule has 0 aromatic heterocycles. The third-order valence-electron chi connectivity index (χ3n) is 5.64. The Bertz CT molecular complexity index is 636. The van der Waals surface area contributed by atoms with Crippen molar-refractivity contribution in [1.29, 1.82) is 0 Å². The smallest absolute Gasteiger partial charge is 0.191 e. The summed E-state index contributed by atoms with van der Waals surface area (Å²) in [6.45, 7) is 11.1. The van der Waals surface area contributed by atoms with E-state index in [2.05, 4.69) is 60.4 Å². The van der Waals surface area contributed by atoms with Gasteiger partial charge in [-0.3, -0.25) is 4.99 Å². The quantitative estimate of drug-likeness (QED) is 0.274. The molecule has 2 atom stereocenters. The first-order valence-corrected chi connectivity index (χ1v) is 10.7. The Morgan fingerprint density at radius 2 is 1.90 bits per heavy atom. The number of guanidine groups is 1. The van der Waals surface area contributed by atoms with E-state index in [4.69, 9.17) is 14.5 Å². The second-order valence-electron chi connectivity index (χ2n) is 7.65. The molecule has 1 aliphatic heterocycles. The third kappa shape index (κ3) is 8.02. The maximum atomic E-state index is 5.41. The van der Waals surface area contributed by atoms with Gasteiger partial charge in [0.25, 0.3) is 0 Å². The van der Waals surface area contributed by atoms with Crippen LogP contribution in [0.3, 0.4) is 0 Å². The van der Waals surface area contributed by atoms with Gasteiger partial charge in [-0.1, -0.05) is 6.92 Å². The molecule has 1 aliphatic rings. The van der Waals surface area contributed by atoms with E-state index in [1.165, 1.54) is 0 Å². The fourth-order valence-corrected chi connectivity index (χ4v) is 3.45. The fourth-order valence-electron chi connectivity index (χ4n) is 3.45. The van der Waals surface area contributed by atoms with Crippen molar-refractivity contribution >= 4 is 35.6 Å². The number of likely N-dealkylation sites (N-methyl/N-ethyl adjacent to an activating group) is 1. The van der Waals surface area contributed by atoms with E-state index in [1.807, 2.05) is 6.07 Å². The fraction of sp³-hybridized carbons (Fsp3) is 0.682. The highest BCUT2D eigenvalue weighted by Crippen LogP contribution is 2.30. The SMILES string of the molecule is CCNC(=NCCN(C)C(C)CC)NC1CCN(c2cc(OC)cc(OC)c2)C1.I. The van der Waals surface area contributed by atoms with Gasteiger partial charge in [0.15, 0.2) is 5.96 Å². The third-order valence-corrected chi connectivity index (χ3v) is 5.64. The summed E-state index contributed by atoms with van der Waals surface area (Å²) in [6, 6.07) is 6.98. The number of nitrogens with zero attached hydrogens (tertiary/aromatic N) is 3. The Morgan fingerprint density at radius 1 is 1.23 bits per heavy atom. The number of ether oxygens (including phenoxy) is 2. The highest BCUT2D eigenvalue weighted by atomic mass is 127. The topological polar surface area (TPSA) is 61.4 Å². The van der Waals surface area contributed by atoms with E-state index < -0.39 is 0 Å². The van der Waals surface area contributed by atoms with E-state index in [-0.39, 0.29) is 24.0 Å². The van der Waals surface area contributed by atoms with Gasteiger partial charge in [-0.05, 0) is 33.7 Å². The second kappa shape index (κ2) is 13.8. The molecule has 0 bridgehead atoms. The van der Waals surface area contributed by atoms with Crippen LogP contribution < -0.4 is 25.0 Å². The predicted octanol–water partition coefficient (Wildman–Crippen LogP) is 3.19. The largest absolute Gasteiger partial charge is 0.497 e. The van der Waals surface area contributed by atoms with Crippen LogP contribution in [0.25, 0.3) is 0 Å². The normalized spacial score (nSPS) is 17.5. The van der Waals surface area contributed by atoms with Crippen LogP contribution in [-0.4, -0.2) is 76.9 Å². The molecule has 7 nitrogen and oxygen atoms in total. The minimum atomic E-state index is 0. The van der Waals surface area contributed by atoms with Crippen LogP contribution >= 0.6 is 24.0 Å². The standard InChI is InChI=1S/C22H39N5O2.HI/c1-7-17(3)26(4)12-10-24-22(23-8-2)25-18-9-11-27(16-18)19-13-20(28-5)15-21(14-19)29-6;/h13-15,17-18H,7-12,16H2,1-6H3,(H2,23,24,25);1H. The molecule has 0 aliphatic carbocycles. The molecule has 1 saturated heterocycles. The van der Waals surface area contributed by atoms with Crippen molar-refractivity contribution in [3.8, 4) is 11.5 Å². The molecule has 0 amide bonds. The lowest BCUT2D eigenvalue weighted by molar-refractivity contribution is 0.259. The van der Waals surface area contributed by atoms with Crippen LogP contribution in [-0.2, 0) is 0 Å². The van der Waals surface area contributed by atoms with Gasteiger partial charge >= 0.3 is 0 Å². The van der Waals surface area contributed by atoms with Gasteiger partial charge in [0.2, 0.25) is 0 Å². The predicted molar refractivity (Wildman–Crippen MR) is 137 cm³/mol. The number of anilines is 1. The Kier molecular flexibility index (Phi) is 12.2. The van der Waals surface area contributed by atoms with Crippen molar-refractivity contribution in [3.05, 3.63) is 18.2 Å². The molecular formula is C22H40IN5O2. The summed E-state index contributed by atoms with van der Waals surface area (Å²) in [7, 11) is 5.54. The Labute approximate surface area is 199 Å². The minimum Gasteiger partial charge on any atom is -0.497 e. The highest BCUT2D eigenvalue weighted by Gasteiger charge is 2.24. The molecular weight excluding hydrogens is 493 g/mol. The zero-order valence-corrected chi connectivity index (χ0v) is 21.7. The van der Waals surface area contributed by atoms with Gasteiger partial charge in [-0.2, -0.15) is 0 Å². The lowest BCUT2D eigenvalue weighted by atomic mass is 10.2. The average Bonchev–Trinajstić information content (AvgIpc) is 3.21. The number of rotatable bonds is 10. The summed E-state index contributed by atoms with van der Waals surface area (Å²) < 4.78 is 10.8. The zero-order chi connectivity index (χ0) is 21.2. The van der Waals surface area contributed by atoms with Crippen LogP contribution in [0.2, 0.25) is 0 Å². The molecule has 0 spiro atoms. The van der Waals surface area contributed by atoms with Gasteiger partial charge < -0.3 is 29.9 Å². The van der Waals surface area contributed by atoms with Crippen LogP contribution in [0.5, 0.6) is 11.5 Å². The highest BCUT2D eigenvalue weighted by molar-refractivity contribution is 14.0. The van der Waals surface area contributed by atoms with Gasteiger partial charge in [-0.15, -0.1) is 24.0 Å². The van der Waals surface area contributed by atoms with Gasteiger partial charge in [0, 0.05) is 62.1 Å². The van der Waals surface area contributed by atoms with Gasteiger partial charge in [-0.25, -0.2) is 0 Å². The van der Waals surface area contributed by atoms with Crippen molar-refractivity contribution in [2.75, 3.05) is 58.9 Å². The minimum absolute atomic E-state index is 0. The number of nitrogens with one attached hydrogen (secondary N) is 2. The summed E-state index contributed by atoms with van der Waals surface area (Å²) in [4.78, 5) is 9.51. The van der Waals surface area contributed by atoms with Crippen molar-refractivity contribution in [2.45, 2.75) is 45.7 Å². The maximum absolute atomic E-state index is 5.41. The molecule has 8 heteroatoms. The maximum Gasteiger partial charge on any atom is 0.191 e. The van der Waals surface area contributed by atoms with E-state index >= 15 is 0 Å². The number of methoxy groups -OCH3 is 2. The Hall–Kier alpha value is -1.42.